The van der Waals surface area contributed by atoms with Crippen LogP contribution in [0.4, 0.5) is 10.8 Å². The highest BCUT2D eigenvalue weighted by Crippen LogP contribution is 2.31. The molecular weight excluding hydrogens is 560 g/mol. The van der Waals surface area contributed by atoms with Crippen LogP contribution < -0.4 is 10.2 Å². The number of hydrogen-bond donors (Lipinski definition) is 1. The van der Waals surface area contributed by atoms with Crippen molar-refractivity contribution in [1.29, 1.82) is 0 Å². The van der Waals surface area contributed by atoms with Crippen LogP contribution in [0.5, 0.6) is 0 Å². The molecular formula is C30H30N4O5S2. The van der Waals surface area contributed by atoms with Crippen molar-refractivity contribution < 1.29 is 22.8 Å². The van der Waals surface area contributed by atoms with Crippen molar-refractivity contribution in [2.45, 2.75) is 32.6 Å². The molecule has 41 heavy (non-hydrogen) atoms. The lowest BCUT2D eigenvalue weighted by atomic mass is 10.1. The quantitative estimate of drug-likeness (QED) is 0.252. The summed E-state index contributed by atoms with van der Waals surface area (Å²) in [5.74, 6) is -0.880. The van der Waals surface area contributed by atoms with Crippen LogP contribution in [-0.2, 0) is 10.0 Å². The fourth-order valence-corrected chi connectivity index (χ4v) is 7.48. The van der Waals surface area contributed by atoms with Gasteiger partial charge in [0.1, 0.15) is 0 Å². The Hall–Kier alpha value is -3.93. The van der Waals surface area contributed by atoms with Crippen molar-refractivity contribution in [3.8, 4) is 0 Å². The van der Waals surface area contributed by atoms with E-state index >= 15 is 0 Å². The van der Waals surface area contributed by atoms with Crippen LogP contribution in [0, 0.1) is 11.8 Å². The molecule has 1 aromatic heterocycles. The van der Waals surface area contributed by atoms with E-state index in [4.69, 9.17) is 0 Å². The largest absolute Gasteiger partial charge is 0.298 e. The molecule has 0 saturated heterocycles. The second kappa shape index (κ2) is 11.2. The number of anilines is 2. The standard InChI is InChI=1S/C30H30N4O5S2/c1-18(2)16-33(17-19(3)4)41(38,39)22-13-14-25-26(15-22)40-30(31-25)32-27(35)20-9-11-21(12-10-20)34-28(36)23-7-5-6-8-24(23)29(34)37/h5-15,18-19H,16-17H2,1-4H3,(H,31,32,35). The molecule has 0 aliphatic carbocycles. The predicted molar refractivity (Wildman–Crippen MR) is 160 cm³/mol. The highest BCUT2D eigenvalue weighted by Gasteiger charge is 2.36. The van der Waals surface area contributed by atoms with E-state index in [0.717, 1.165) is 4.90 Å². The first kappa shape index (κ1) is 28.6. The van der Waals surface area contributed by atoms with Crippen LogP contribution in [0.3, 0.4) is 0 Å². The molecule has 5 rings (SSSR count). The Bertz CT molecular complexity index is 1720. The summed E-state index contributed by atoms with van der Waals surface area (Å²) in [6.45, 7) is 8.80. The highest BCUT2D eigenvalue weighted by atomic mass is 32.2. The molecule has 0 unspecified atom stereocenters. The zero-order chi connectivity index (χ0) is 29.5. The van der Waals surface area contributed by atoms with Gasteiger partial charge in [-0.3, -0.25) is 19.7 Å². The van der Waals surface area contributed by atoms with Gasteiger partial charge < -0.3 is 0 Å². The predicted octanol–water partition coefficient (Wildman–Crippen LogP) is 5.65. The third kappa shape index (κ3) is 5.65. The van der Waals surface area contributed by atoms with E-state index in [2.05, 4.69) is 10.3 Å². The van der Waals surface area contributed by atoms with Crippen LogP contribution in [0.15, 0.2) is 71.6 Å². The normalized spacial score (nSPS) is 13.6. The number of hydrogen-bond acceptors (Lipinski definition) is 7. The number of thiazole rings is 1. The molecule has 212 valence electrons. The summed E-state index contributed by atoms with van der Waals surface area (Å²) in [4.78, 5) is 44.2. The SMILES string of the molecule is CC(C)CN(CC(C)C)S(=O)(=O)c1ccc2nc(NC(=O)c3ccc(N4C(=O)c5ccccc5C4=O)cc3)sc2c1. The number of amides is 3. The molecule has 9 nitrogen and oxygen atoms in total. The molecule has 3 aromatic carbocycles. The van der Waals surface area contributed by atoms with E-state index in [1.54, 1.807) is 54.6 Å². The maximum atomic E-state index is 13.4. The molecule has 3 amide bonds. The molecule has 1 N–H and O–H groups in total. The highest BCUT2D eigenvalue weighted by molar-refractivity contribution is 7.89. The van der Waals surface area contributed by atoms with Crippen molar-refractivity contribution >= 4 is 60.1 Å². The average molecular weight is 591 g/mol. The van der Waals surface area contributed by atoms with Gasteiger partial charge in [0.05, 0.1) is 31.9 Å². The van der Waals surface area contributed by atoms with E-state index in [9.17, 15) is 22.8 Å². The number of benzene rings is 3. The Morgan fingerprint density at radius 2 is 1.49 bits per heavy atom. The summed E-state index contributed by atoms with van der Waals surface area (Å²) in [5, 5.41) is 3.09. The number of nitrogens with zero attached hydrogens (tertiary/aromatic N) is 3. The number of carbonyl (C=O) groups is 3. The lowest BCUT2D eigenvalue weighted by Gasteiger charge is -2.25. The van der Waals surface area contributed by atoms with Crippen molar-refractivity contribution in [1.82, 2.24) is 9.29 Å². The lowest BCUT2D eigenvalue weighted by molar-refractivity contribution is 0.0925. The van der Waals surface area contributed by atoms with Crippen molar-refractivity contribution in [3.63, 3.8) is 0 Å². The molecule has 0 atom stereocenters. The Morgan fingerprint density at radius 1 is 0.902 bits per heavy atom. The number of aromatic nitrogens is 1. The molecule has 0 saturated carbocycles. The van der Waals surface area contributed by atoms with Gasteiger partial charge in [-0.05, 0) is 66.4 Å². The number of nitrogens with one attached hydrogen (secondary N) is 1. The zero-order valence-electron chi connectivity index (χ0n) is 23.1. The van der Waals surface area contributed by atoms with Crippen LogP contribution in [0.1, 0.15) is 58.8 Å². The molecule has 0 radical (unpaired) electrons. The van der Waals surface area contributed by atoms with Gasteiger partial charge in [-0.15, -0.1) is 0 Å². The van der Waals surface area contributed by atoms with Gasteiger partial charge in [0.25, 0.3) is 17.7 Å². The monoisotopic (exact) mass is 590 g/mol. The van der Waals surface area contributed by atoms with Crippen molar-refractivity contribution in [3.05, 3.63) is 83.4 Å². The van der Waals surface area contributed by atoms with Gasteiger partial charge in [0, 0.05) is 18.7 Å². The maximum Gasteiger partial charge on any atom is 0.266 e. The molecule has 4 aromatic rings. The maximum absolute atomic E-state index is 13.4. The summed E-state index contributed by atoms with van der Waals surface area (Å²) in [5.41, 5.74) is 1.94. The number of rotatable bonds is 9. The van der Waals surface area contributed by atoms with Crippen LogP contribution in [0.25, 0.3) is 10.2 Å². The summed E-state index contributed by atoms with van der Waals surface area (Å²) >= 11 is 1.18. The Kier molecular flexibility index (Phi) is 7.78. The third-order valence-corrected chi connectivity index (χ3v) is 9.30. The number of imide groups is 1. The molecule has 0 fully saturated rings. The van der Waals surface area contributed by atoms with Crippen LogP contribution in [-0.4, -0.2) is 48.5 Å². The molecule has 2 heterocycles. The third-order valence-electron chi connectivity index (χ3n) is 6.54. The first-order valence-electron chi connectivity index (χ1n) is 13.3. The summed E-state index contributed by atoms with van der Waals surface area (Å²) in [6.07, 6.45) is 0. The van der Waals surface area contributed by atoms with Crippen molar-refractivity contribution in [2.75, 3.05) is 23.3 Å². The number of sulfonamides is 1. The number of fused-ring (bicyclic) bond motifs is 2. The van der Waals surface area contributed by atoms with Crippen LogP contribution in [0.2, 0.25) is 0 Å². The Morgan fingerprint density at radius 3 is 2.05 bits per heavy atom. The van der Waals surface area contributed by atoms with E-state index in [1.807, 2.05) is 27.7 Å². The fraction of sp³-hybridized carbons (Fsp3) is 0.267. The Balaban J connectivity index is 1.32. The van der Waals surface area contributed by atoms with Gasteiger partial charge in [-0.1, -0.05) is 51.2 Å². The molecule has 1 aliphatic rings. The summed E-state index contributed by atoms with van der Waals surface area (Å²) in [7, 11) is -3.70. The van der Waals surface area contributed by atoms with Gasteiger partial charge in [0.2, 0.25) is 10.0 Å². The Labute approximate surface area is 242 Å². The average Bonchev–Trinajstić information content (AvgIpc) is 3.44. The molecule has 0 spiro atoms. The smallest absolute Gasteiger partial charge is 0.266 e. The van der Waals surface area contributed by atoms with Gasteiger partial charge in [-0.25, -0.2) is 18.3 Å². The fourth-order valence-electron chi connectivity index (χ4n) is 4.71. The van der Waals surface area contributed by atoms with Gasteiger partial charge in [0.15, 0.2) is 5.13 Å². The molecule has 1 aliphatic heterocycles. The van der Waals surface area contributed by atoms with Gasteiger partial charge >= 0.3 is 0 Å². The van der Waals surface area contributed by atoms with E-state index in [-0.39, 0.29) is 16.7 Å². The van der Waals surface area contributed by atoms with E-state index < -0.39 is 27.7 Å². The van der Waals surface area contributed by atoms with E-state index in [1.165, 1.54) is 27.8 Å². The minimum atomic E-state index is -3.70. The lowest BCUT2D eigenvalue weighted by Crippen LogP contribution is -2.37. The first-order chi connectivity index (χ1) is 19.5. The first-order valence-corrected chi connectivity index (χ1v) is 15.5. The second-order valence-corrected chi connectivity index (χ2v) is 13.7. The summed E-state index contributed by atoms with van der Waals surface area (Å²) < 4.78 is 29.0. The second-order valence-electron chi connectivity index (χ2n) is 10.8. The molecule has 11 heteroatoms. The van der Waals surface area contributed by atoms with Gasteiger partial charge in [-0.2, -0.15) is 4.31 Å². The summed E-state index contributed by atoms with van der Waals surface area (Å²) in [6, 6.07) is 17.6. The van der Waals surface area contributed by atoms with Crippen LogP contribution >= 0.6 is 11.3 Å². The minimum Gasteiger partial charge on any atom is -0.298 e. The van der Waals surface area contributed by atoms with Crippen molar-refractivity contribution in [2.24, 2.45) is 11.8 Å². The van der Waals surface area contributed by atoms with E-state index in [0.29, 0.717) is 50.8 Å². The number of carbonyl (C=O) groups excluding carboxylic acids is 3. The molecule has 0 bridgehead atoms. The minimum absolute atomic E-state index is 0.180. The zero-order valence-corrected chi connectivity index (χ0v) is 24.8. The topological polar surface area (TPSA) is 117 Å².